The summed E-state index contributed by atoms with van der Waals surface area (Å²) in [5.74, 6) is 2.42. The Kier molecular flexibility index (Phi) is 3.43. The summed E-state index contributed by atoms with van der Waals surface area (Å²) in [6.45, 7) is 9.46. The Balaban J connectivity index is 1.75. The van der Waals surface area contributed by atoms with Gasteiger partial charge in [0.15, 0.2) is 0 Å². The predicted molar refractivity (Wildman–Crippen MR) is 94.9 cm³/mol. The zero-order chi connectivity index (χ0) is 16.5. The third kappa shape index (κ3) is 1.83. The van der Waals surface area contributed by atoms with Crippen molar-refractivity contribution in [1.29, 1.82) is 0 Å². The van der Waals surface area contributed by atoms with Crippen LogP contribution in [-0.2, 0) is 0 Å². The highest BCUT2D eigenvalue weighted by Crippen LogP contribution is 2.70. The topological polar surface area (TPSA) is 0 Å². The van der Waals surface area contributed by atoms with Gasteiger partial charge in [-0.25, -0.2) is 4.39 Å². The second-order valence-corrected chi connectivity index (χ2v) is 9.42. The maximum Gasteiger partial charge on any atom is 0.126 e. The van der Waals surface area contributed by atoms with E-state index in [4.69, 9.17) is 0 Å². The number of hydrogen-bond acceptors (Lipinski definition) is 0. The van der Waals surface area contributed by atoms with Crippen LogP contribution in [0.5, 0.6) is 0 Å². The van der Waals surface area contributed by atoms with Crippen molar-refractivity contribution >= 4 is 0 Å². The number of fused-ring (bicyclic) bond motifs is 5. The number of alkyl halides is 1. The quantitative estimate of drug-likeness (QED) is 0.486. The molecule has 4 aliphatic rings. The van der Waals surface area contributed by atoms with Gasteiger partial charge in [-0.15, -0.1) is 0 Å². The number of hydrogen-bond donors (Lipinski definition) is 0. The van der Waals surface area contributed by atoms with E-state index < -0.39 is 5.67 Å². The highest BCUT2D eigenvalue weighted by Gasteiger charge is 2.66. The van der Waals surface area contributed by atoms with E-state index >= 15 is 4.39 Å². The summed E-state index contributed by atoms with van der Waals surface area (Å²) < 4.78 is 16.6. The molecule has 0 N–H and O–H groups in total. The van der Waals surface area contributed by atoms with Crippen LogP contribution in [0.1, 0.15) is 72.6 Å². The first kappa shape index (κ1) is 15.9. The highest BCUT2D eigenvalue weighted by molar-refractivity contribution is 5.36. The Morgan fingerprint density at radius 3 is 2.74 bits per heavy atom. The molecule has 3 saturated carbocycles. The van der Waals surface area contributed by atoms with Crippen LogP contribution in [0.15, 0.2) is 23.8 Å². The van der Waals surface area contributed by atoms with Crippen molar-refractivity contribution in [2.45, 2.75) is 78.3 Å². The van der Waals surface area contributed by atoms with Gasteiger partial charge in [0.25, 0.3) is 0 Å². The van der Waals surface area contributed by atoms with Crippen LogP contribution in [0, 0.1) is 34.5 Å². The number of halogens is 1. The summed E-state index contributed by atoms with van der Waals surface area (Å²) in [5.41, 5.74) is 0.425. The van der Waals surface area contributed by atoms with Crippen LogP contribution in [0.3, 0.4) is 0 Å². The summed E-state index contributed by atoms with van der Waals surface area (Å²) >= 11 is 0. The molecule has 0 heterocycles. The van der Waals surface area contributed by atoms with Crippen LogP contribution in [0.25, 0.3) is 0 Å². The molecule has 0 aromatic carbocycles. The Morgan fingerprint density at radius 1 is 1.22 bits per heavy atom. The molecule has 128 valence electrons. The van der Waals surface area contributed by atoms with Crippen molar-refractivity contribution in [2.24, 2.45) is 34.5 Å². The molecule has 0 aliphatic heterocycles. The largest absolute Gasteiger partial charge is 0.242 e. The molecule has 0 radical (unpaired) electrons. The van der Waals surface area contributed by atoms with Gasteiger partial charge in [-0.3, -0.25) is 0 Å². The minimum absolute atomic E-state index is 0.269. The molecular weight excluding hydrogens is 283 g/mol. The lowest BCUT2D eigenvalue weighted by atomic mass is 9.46. The summed E-state index contributed by atoms with van der Waals surface area (Å²) in [4.78, 5) is 0. The lowest BCUT2D eigenvalue weighted by Crippen LogP contribution is -2.59. The molecule has 23 heavy (non-hydrogen) atoms. The SMILES string of the molecule is CC[C@@H]1[C@H](C)C[C@H]2[C@@H]3CCC4=CCC=C[C@]4(C)[C@@]3(F)CC[C@]12C. The third-order valence-corrected chi connectivity index (χ3v) is 8.75. The molecule has 0 aromatic rings. The monoisotopic (exact) mass is 316 g/mol. The molecule has 0 unspecified atom stereocenters. The van der Waals surface area contributed by atoms with E-state index in [1.807, 2.05) is 0 Å². The Labute approximate surface area is 141 Å². The van der Waals surface area contributed by atoms with Crippen LogP contribution >= 0.6 is 0 Å². The van der Waals surface area contributed by atoms with Crippen molar-refractivity contribution in [3.05, 3.63) is 23.8 Å². The third-order valence-electron chi connectivity index (χ3n) is 8.75. The molecule has 0 nitrogen and oxygen atoms in total. The summed E-state index contributed by atoms with van der Waals surface area (Å²) in [6, 6.07) is 0. The maximum absolute atomic E-state index is 16.6. The first-order valence-corrected chi connectivity index (χ1v) is 9.93. The molecule has 0 spiro atoms. The lowest BCUT2D eigenvalue weighted by molar-refractivity contribution is -0.126. The van der Waals surface area contributed by atoms with Gasteiger partial charge in [-0.2, -0.15) is 0 Å². The van der Waals surface area contributed by atoms with Gasteiger partial charge in [0.1, 0.15) is 5.67 Å². The molecule has 0 bridgehead atoms. The van der Waals surface area contributed by atoms with Crippen LogP contribution in [0.4, 0.5) is 4.39 Å². The predicted octanol–water partition coefficient (Wildman–Crippen LogP) is 6.48. The van der Waals surface area contributed by atoms with Gasteiger partial charge in [0, 0.05) is 5.41 Å². The average molecular weight is 317 g/mol. The van der Waals surface area contributed by atoms with Crippen LogP contribution < -0.4 is 0 Å². The zero-order valence-corrected chi connectivity index (χ0v) is 15.4. The highest BCUT2D eigenvalue weighted by atomic mass is 19.1. The second kappa shape index (κ2) is 4.96. The van der Waals surface area contributed by atoms with Crippen molar-refractivity contribution in [1.82, 2.24) is 0 Å². The molecule has 4 rings (SSSR count). The van der Waals surface area contributed by atoms with E-state index in [1.54, 1.807) is 0 Å². The lowest BCUT2D eigenvalue weighted by Gasteiger charge is -2.60. The van der Waals surface area contributed by atoms with Crippen molar-refractivity contribution in [2.75, 3.05) is 0 Å². The Hall–Kier alpha value is -0.590. The van der Waals surface area contributed by atoms with Gasteiger partial charge in [0.2, 0.25) is 0 Å². The first-order chi connectivity index (χ1) is 10.9. The molecule has 4 aliphatic carbocycles. The minimum atomic E-state index is -1.01. The molecule has 0 aromatic heterocycles. The van der Waals surface area contributed by atoms with Gasteiger partial charge in [-0.05, 0) is 74.5 Å². The standard InChI is InChI=1S/C22H33F/c1-5-17-15(2)14-19-18-10-9-16-8-6-7-11-21(16,4)22(18,23)13-12-20(17,19)3/h7-8,11,15,17-19H,5-6,9-10,12-14H2,1-4H3/t15-,17-,18+,19+,20-,21+,22-/m1/s1. The molecule has 7 atom stereocenters. The van der Waals surface area contributed by atoms with E-state index in [9.17, 15) is 0 Å². The van der Waals surface area contributed by atoms with Crippen LogP contribution in [0.2, 0.25) is 0 Å². The smallest absolute Gasteiger partial charge is 0.126 e. The summed E-state index contributed by atoms with van der Waals surface area (Å²) in [5, 5.41) is 0. The van der Waals surface area contributed by atoms with Gasteiger partial charge >= 0.3 is 0 Å². The fraction of sp³-hybridized carbons (Fsp3) is 0.818. The normalized spacial score (nSPS) is 54.9. The zero-order valence-electron chi connectivity index (χ0n) is 15.4. The average Bonchev–Trinajstić information content (AvgIpc) is 2.78. The molecule has 0 amide bonds. The molecular formula is C22H33F. The van der Waals surface area contributed by atoms with Crippen LogP contribution in [-0.4, -0.2) is 5.67 Å². The minimum Gasteiger partial charge on any atom is -0.242 e. The molecule has 1 heteroatoms. The number of allylic oxidation sites excluding steroid dienone is 4. The van der Waals surface area contributed by atoms with E-state index in [1.165, 1.54) is 18.4 Å². The Bertz CT molecular complexity index is 560. The van der Waals surface area contributed by atoms with Gasteiger partial charge < -0.3 is 0 Å². The van der Waals surface area contributed by atoms with Crippen molar-refractivity contribution < 1.29 is 4.39 Å². The van der Waals surface area contributed by atoms with Crippen molar-refractivity contribution in [3.8, 4) is 0 Å². The first-order valence-electron chi connectivity index (χ1n) is 9.93. The van der Waals surface area contributed by atoms with Gasteiger partial charge in [-0.1, -0.05) is 51.0 Å². The van der Waals surface area contributed by atoms with E-state index in [0.29, 0.717) is 11.3 Å². The summed E-state index contributed by atoms with van der Waals surface area (Å²) in [6.07, 6.45) is 14.3. The number of rotatable bonds is 1. The summed E-state index contributed by atoms with van der Waals surface area (Å²) in [7, 11) is 0. The van der Waals surface area contributed by atoms with Crippen molar-refractivity contribution in [3.63, 3.8) is 0 Å². The fourth-order valence-electron chi connectivity index (χ4n) is 7.56. The van der Waals surface area contributed by atoms with E-state index in [2.05, 4.69) is 45.9 Å². The van der Waals surface area contributed by atoms with E-state index in [-0.39, 0.29) is 11.3 Å². The molecule has 0 saturated heterocycles. The van der Waals surface area contributed by atoms with Gasteiger partial charge in [0.05, 0.1) is 0 Å². The fourth-order valence-corrected chi connectivity index (χ4v) is 7.56. The van der Waals surface area contributed by atoms with E-state index in [0.717, 1.165) is 43.9 Å². The maximum atomic E-state index is 16.6. The second-order valence-electron chi connectivity index (χ2n) is 9.42. The Morgan fingerprint density at radius 2 is 2.00 bits per heavy atom. The molecule has 3 fully saturated rings.